The Balaban J connectivity index is 1.58. The number of anilines is 1. The molecule has 2 aromatic rings. The van der Waals surface area contributed by atoms with Crippen molar-refractivity contribution in [3.8, 4) is 0 Å². The molecule has 1 aromatic carbocycles. The first-order chi connectivity index (χ1) is 11.0. The van der Waals surface area contributed by atoms with Crippen LogP contribution in [0.25, 0.3) is 10.2 Å². The number of hydrogen-bond donors (Lipinski definition) is 1. The van der Waals surface area contributed by atoms with Gasteiger partial charge in [0.25, 0.3) is 0 Å². The third kappa shape index (κ3) is 3.66. The molecule has 5 heteroatoms. The molecule has 1 aliphatic heterocycles. The van der Waals surface area contributed by atoms with Crippen molar-refractivity contribution in [1.82, 2.24) is 10.3 Å². The minimum Gasteiger partial charge on any atom is -0.353 e. The Morgan fingerprint density at radius 3 is 2.61 bits per heavy atom. The van der Waals surface area contributed by atoms with Crippen LogP contribution in [0.2, 0.25) is 0 Å². The van der Waals surface area contributed by atoms with Gasteiger partial charge >= 0.3 is 0 Å². The summed E-state index contributed by atoms with van der Waals surface area (Å²) in [6.45, 7) is 8.18. The molecule has 1 aliphatic rings. The third-order valence-corrected chi connectivity index (χ3v) is 5.89. The predicted octanol–water partition coefficient (Wildman–Crippen LogP) is 3.67. The van der Waals surface area contributed by atoms with Crippen molar-refractivity contribution in [2.75, 3.05) is 18.0 Å². The van der Waals surface area contributed by atoms with Gasteiger partial charge in [-0.25, -0.2) is 4.98 Å². The highest BCUT2D eigenvalue weighted by Crippen LogP contribution is 2.31. The van der Waals surface area contributed by atoms with E-state index in [0.717, 1.165) is 36.6 Å². The van der Waals surface area contributed by atoms with Crippen molar-refractivity contribution in [2.45, 2.75) is 39.7 Å². The van der Waals surface area contributed by atoms with Gasteiger partial charge in [0.1, 0.15) is 0 Å². The largest absolute Gasteiger partial charge is 0.353 e. The lowest BCUT2D eigenvalue weighted by atomic mass is 9.95. The Kier molecular flexibility index (Phi) is 4.85. The summed E-state index contributed by atoms with van der Waals surface area (Å²) in [7, 11) is 0. The first-order valence-electron chi connectivity index (χ1n) is 8.45. The van der Waals surface area contributed by atoms with E-state index in [9.17, 15) is 4.79 Å². The molecule has 4 nitrogen and oxygen atoms in total. The van der Waals surface area contributed by atoms with Crippen LogP contribution < -0.4 is 10.2 Å². The van der Waals surface area contributed by atoms with Crippen molar-refractivity contribution in [3.05, 3.63) is 24.3 Å². The van der Waals surface area contributed by atoms with Crippen LogP contribution in [-0.4, -0.2) is 30.0 Å². The maximum atomic E-state index is 12.4. The number of nitrogens with zero attached hydrogens (tertiary/aromatic N) is 2. The van der Waals surface area contributed by atoms with Crippen LogP contribution in [0.4, 0.5) is 5.13 Å². The van der Waals surface area contributed by atoms with Gasteiger partial charge in [0.05, 0.1) is 10.2 Å². The van der Waals surface area contributed by atoms with Crippen molar-refractivity contribution >= 4 is 32.6 Å². The van der Waals surface area contributed by atoms with Crippen molar-refractivity contribution < 1.29 is 4.79 Å². The van der Waals surface area contributed by atoms with E-state index in [4.69, 9.17) is 4.98 Å². The number of amides is 1. The monoisotopic (exact) mass is 331 g/mol. The molecule has 1 N–H and O–H groups in total. The fourth-order valence-corrected chi connectivity index (χ4v) is 3.85. The summed E-state index contributed by atoms with van der Waals surface area (Å²) in [6, 6.07) is 8.49. The van der Waals surface area contributed by atoms with Gasteiger partial charge in [0.2, 0.25) is 5.91 Å². The molecule has 23 heavy (non-hydrogen) atoms. The number of carbonyl (C=O) groups is 1. The zero-order chi connectivity index (χ0) is 16.4. The smallest absolute Gasteiger partial charge is 0.223 e. The minimum absolute atomic E-state index is 0.141. The number of thiazole rings is 1. The van der Waals surface area contributed by atoms with Crippen LogP contribution >= 0.6 is 11.3 Å². The van der Waals surface area contributed by atoms with Gasteiger partial charge in [-0.3, -0.25) is 4.79 Å². The molecule has 2 heterocycles. The molecule has 1 atom stereocenters. The van der Waals surface area contributed by atoms with Crippen LogP contribution in [0, 0.1) is 11.8 Å². The number of rotatable bonds is 4. The van der Waals surface area contributed by atoms with Gasteiger partial charge in [-0.15, -0.1) is 0 Å². The maximum Gasteiger partial charge on any atom is 0.223 e. The summed E-state index contributed by atoms with van der Waals surface area (Å²) in [5.41, 5.74) is 1.07. The third-order valence-electron chi connectivity index (χ3n) is 4.79. The second-order valence-electron chi connectivity index (χ2n) is 6.77. The molecule has 0 aliphatic carbocycles. The average Bonchev–Trinajstić information content (AvgIpc) is 2.98. The highest BCUT2D eigenvalue weighted by molar-refractivity contribution is 7.22. The second-order valence-corrected chi connectivity index (χ2v) is 7.78. The first kappa shape index (κ1) is 16.2. The van der Waals surface area contributed by atoms with E-state index in [1.54, 1.807) is 11.3 Å². The summed E-state index contributed by atoms with van der Waals surface area (Å²) in [6.07, 6.45) is 1.82. The van der Waals surface area contributed by atoms with E-state index in [0.29, 0.717) is 5.92 Å². The van der Waals surface area contributed by atoms with Crippen LogP contribution in [0.1, 0.15) is 33.6 Å². The fraction of sp³-hybridized carbons (Fsp3) is 0.556. The second kappa shape index (κ2) is 6.87. The Morgan fingerprint density at radius 1 is 1.26 bits per heavy atom. The standard InChI is InChI=1S/C18H25N3OS/c1-12(2)13(3)19-17(22)14-8-10-21(11-9-14)18-20-15-6-4-5-7-16(15)23-18/h4-7,12-14H,8-11H2,1-3H3,(H,19,22)/t13-/m0/s1. The van der Waals surface area contributed by atoms with E-state index in [-0.39, 0.29) is 17.9 Å². The molecule has 3 rings (SSSR count). The van der Waals surface area contributed by atoms with Gasteiger partial charge < -0.3 is 10.2 Å². The van der Waals surface area contributed by atoms with Gasteiger partial charge in [-0.2, -0.15) is 0 Å². The van der Waals surface area contributed by atoms with E-state index < -0.39 is 0 Å². The Labute approximate surface area is 141 Å². The SMILES string of the molecule is CC(C)[C@H](C)NC(=O)C1CCN(c2nc3ccccc3s2)CC1. The summed E-state index contributed by atoms with van der Waals surface area (Å²) >= 11 is 1.74. The molecule has 0 spiro atoms. The molecule has 0 saturated carbocycles. The number of carbonyl (C=O) groups excluding carboxylic acids is 1. The van der Waals surface area contributed by atoms with E-state index in [1.165, 1.54) is 4.70 Å². The number of piperidine rings is 1. The Hall–Kier alpha value is -1.62. The lowest BCUT2D eigenvalue weighted by Crippen LogP contribution is -2.44. The van der Waals surface area contributed by atoms with Crippen LogP contribution in [0.5, 0.6) is 0 Å². The Bertz CT molecular complexity index is 641. The summed E-state index contributed by atoms with van der Waals surface area (Å²) in [5.74, 6) is 0.832. The predicted molar refractivity (Wildman–Crippen MR) is 97.0 cm³/mol. The van der Waals surface area contributed by atoms with E-state index in [2.05, 4.69) is 49.2 Å². The summed E-state index contributed by atoms with van der Waals surface area (Å²) in [4.78, 5) is 19.4. The topological polar surface area (TPSA) is 45.2 Å². The fourth-order valence-electron chi connectivity index (χ4n) is 2.84. The number of benzene rings is 1. The van der Waals surface area contributed by atoms with E-state index in [1.807, 2.05) is 6.07 Å². The molecular weight excluding hydrogens is 306 g/mol. The molecule has 0 unspecified atom stereocenters. The normalized spacial score (nSPS) is 17.7. The lowest BCUT2D eigenvalue weighted by molar-refractivity contribution is -0.126. The van der Waals surface area contributed by atoms with Crippen LogP contribution in [0.15, 0.2) is 24.3 Å². The molecule has 0 bridgehead atoms. The zero-order valence-electron chi connectivity index (χ0n) is 14.1. The van der Waals surface area contributed by atoms with Gasteiger partial charge in [0, 0.05) is 25.0 Å². The molecule has 1 amide bonds. The van der Waals surface area contributed by atoms with Crippen molar-refractivity contribution in [1.29, 1.82) is 0 Å². The quantitative estimate of drug-likeness (QED) is 0.929. The van der Waals surface area contributed by atoms with Gasteiger partial charge in [0.15, 0.2) is 5.13 Å². The summed E-state index contributed by atoms with van der Waals surface area (Å²) in [5, 5.41) is 4.24. The number of fused-ring (bicyclic) bond motifs is 1. The van der Waals surface area contributed by atoms with Crippen LogP contribution in [-0.2, 0) is 4.79 Å². The van der Waals surface area contributed by atoms with Crippen molar-refractivity contribution in [3.63, 3.8) is 0 Å². The van der Waals surface area contributed by atoms with Gasteiger partial charge in [-0.1, -0.05) is 37.3 Å². The number of hydrogen-bond acceptors (Lipinski definition) is 4. The summed E-state index contributed by atoms with van der Waals surface area (Å²) < 4.78 is 1.23. The molecule has 1 fully saturated rings. The lowest BCUT2D eigenvalue weighted by Gasteiger charge is -2.32. The van der Waals surface area contributed by atoms with E-state index >= 15 is 0 Å². The minimum atomic E-state index is 0.141. The highest BCUT2D eigenvalue weighted by Gasteiger charge is 2.27. The Morgan fingerprint density at radius 2 is 1.96 bits per heavy atom. The zero-order valence-corrected chi connectivity index (χ0v) is 14.9. The number of nitrogens with one attached hydrogen (secondary N) is 1. The first-order valence-corrected chi connectivity index (χ1v) is 9.27. The van der Waals surface area contributed by atoms with Crippen molar-refractivity contribution in [2.24, 2.45) is 11.8 Å². The number of aromatic nitrogens is 1. The molecule has 124 valence electrons. The van der Waals surface area contributed by atoms with Crippen LogP contribution in [0.3, 0.4) is 0 Å². The van der Waals surface area contributed by atoms with Gasteiger partial charge in [-0.05, 0) is 37.8 Å². The molecule has 1 aromatic heterocycles. The average molecular weight is 331 g/mol. The maximum absolute atomic E-state index is 12.4. The molecular formula is C18H25N3OS. The number of para-hydroxylation sites is 1. The molecule has 0 radical (unpaired) electrons. The highest BCUT2D eigenvalue weighted by atomic mass is 32.1. The molecule has 1 saturated heterocycles.